The van der Waals surface area contributed by atoms with Crippen LogP contribution in [0.15, 0.2) is 12.4 Å². The Balaban J connectivity index is 1.88. The normalized spacial score (nSPS) is 22.2. The lowest BCUT2D eigenvalue weighted by Crippen LogP contribution is -2.33. The fourth-order valence-electron chi connectivity index (χ4n) is 2.39. The molecule has 2 atom stereocenters. The Kier molecular flexibility index (Phi) is 4.71. The topological polar surface area (TPSA) is 66.9 Å². The van der Waals surface area contributed by atoms with Gasteiger partial charge in [0.05, 0.1) is 12.4 Å². The highest BCUT2D eigenvalue weighted by Gasteiger charge is 2.23. The number of amides is 1. The van der Waals surface area contributed by atoms with Gasteiger partial charge in [-0.05, 0) is 31.6 Å². The van der Waals surface area contributed by atoms with E-state index in [1.807, 2.05) is 0 Å². The Morgan fingerprint density at radius 2 is 2.21 bits per heavy atom. The average molecular weight is 262 g/mol. The first-order valence-electron chi connectivity index (χ1n) is 7.05. The third-order valence-electron chi connectivity index (χ3n) is 3.47. The number of hydrogen-bond donors (Lipinski definition) is 2. The van der Waals surface area contributed by atoms with E-state index in [0.29, 0.717) is 23.5 Å². The van der Waals surface area contributed by atoms with E-state index in [0.717, 1.165) is 25.8 Å². The van der Waals surface area contributed by atoms with Gasteiger partial charge in [-0.2, -0.15) is 0 Å². The van der Waals surface area contributed by atoms with Gasteiger partial charge in [0.15, 0.2) is 0 Å². The van der Waals surface area contributed by atoms with Gasteiger partial charge in [0, 0.05) is 12.6 Å². The van der Waals surface area contributed by atoms with Crippen LogP contribution in [0.25, 0.3) is 0 Å². The largest absolute Gasteiger partial charge is 0.369 e. The Morgan fingerprint density at radius 1 is 1.37 bits per heavy atom. The molecule has 0 saturated heterocycles. The van der Waals surface area contributed by atoms with E-state index < -0.39 is 0 Å². The van der Waals surface area contributed by atoms with Crippen LogP contribution in [-0.4, -0.2) is 28.5 Å². The fourth-order valence-corrected chi connectivity index (χ4v) is 2.39. The number of anilines is 1. The van der Waals surface area contributed by atoms with Crippen molar-refractivity contribution in [2.45, 2.75) is 45.6 Å². The van der Waals surface area contributed by atoms with Crippen LogP contribution in [0.4, 0.5) is 5.82 Å². The molecule has 2 N–H and O–H groups in total. The van der Waals surface area contributed by atoms with Crippen LogP contribution in [-0.2, 0) is 0 Å². The number of carbonyl (C=O) groups is 1. The van der Waals surface area contributed by atoms with E-state index >= 15 is 0 Å². The second-order valence-electron chi connectivity index (χ2n) is 5.30. The molecule has 1 fully saturated rings. The molecule has 0 aliphatic heterocycles. The molecule has 5 heteroatoms. The number of rotatable bonds is 5. The first-order chi connectivity index (χ1) is 9.19. The van der Waals surface area contributed by atoms with Crippen LogP contribution in [0.1, 0.15) is 50.0 Å². The van der Waals surface area contributed by atoms with E-state index in [-0.39, 0.29) is 5.91 Å². The molecule has 1 aliphatic rings. The van der Waals surface area contributed by atoms with Gasteiger partial charge in [0.2, 0.25) is 0 Å². The van der Waals surface area contributed by atoms with Gasteiger partial charge in [-0.3, -0.25) is 4.79 Å². The third-order valence-corrected chi connectivity index (χ3v) is 3.47. The number of hydrogen-bond acceptors (Lipinski definition) is 4. The predicted octanol–water partition coefficient (Wildman–Crippen LogP) is 2.22. The Morgan fingerprint density at radius 3 is 2.79 bits per heavy atom. The standard InChI is InChI=1S/C14H22N4O/c1-3-6-15-13-9-16-12(8-17-13)14(19)18-11-5-4-10(2)7-11/h8-11H,3-7H2,1-2H3,(H,15,17)(H,18,19). The molecule has 0 bridgehead atoms. The van der Waals surface area contributed by atoms with E-state index in [4.69, 9.17) is 0 Å². The number of nitrogens with zero attached hydrogens (tertiary/aromatic N) is 2. The first-order valence-corrected chi connectivity index (χ1v) is 7.05. The van der Waals surface area contributed by atoms with Crippen LogP contribution in [0.2, 0.25) is 0 Å². The summed E-state index contributed by atoms with van der Waals surface area (Å²) in [6.45, 7) is 5.17. The molecule has 5 nitrogen and oxygen atoms in total. The van der Waals surface area contributed by atoms with Crippen molar-refractivity contribution >= 4 is 11.7 Å². The molecule has 1 aliphatic carbocycles. The third kappa shape index (κ3) is 3.91. The van der Waals surface area contributed by atoms with Crippen LogP contribution >= 0.6 is 0 Å². The zero-order valence-electron chi connectivity index (χ0n) is 11.6. The first kappa shape index (κ1) is 13.8. The van der Waals surface area contributed by atoms with Crippen LogP contribution in [0.3, 0.4) is 0 Å². The molecule has 104 valence electrons. The van der Waals surface area contributed by atoms with Crippen LogP contribution in [0, 0.1) is 5.92 Å². The van der Waals surface area contributed by atoms with Crippen LogP contribution < -0.4 is 10.6 Å². The number of carbonyl (C=O) groups excluding carboxylic acids is 1. The van der Waals surface area contributed by atoms with Crippen molar-refractivity contribution in [3.05, 3.63) is 18.1 Å². The van der Waals surface area contributed by atoms with Gasteiger partial charge >= 0.3 is 0 Å². The van der Waals surface area contributed by atoms with Crippen molar-refractivity contribution in [2.24, 2.45) is 5.92 Å². The maximum Gasteiger partial charge on any atom is 0.271 e. The van der Waals surface area contributed by atoms with Crippen molar-refractivity contribution in [3.63, 3.8) is 0 Å². The highest BCUT2D eigenvalue weighted by atomic mass is 16.1. The molecule has 0 aromatic carbocycles. The summed E-state index contributed by atoms with van der Waals surface area (Å²) in [6.07, 6.45) is 7.50. The van der Waals surface area contributed by atoms with Gasteiger partial charge in [0.1, 0.15) is 11.5 Å². The van der Waals surface area contributed by atoms with Gasteiger partial charge in [-0.1, -0.05) is 13.8 Å². The molecule has 1 heterocycles. The second kappa shape index (κ2) is 6.50. The van der Waals surface area contributed by atoms with E-state index in [2.05, 4.69) is 34.4 Å². The van der Waals surface area contributed by atoms with Crippen molar-refractivity contribution in [1.29, 1.82) is 0 Å². The Hall–Kier alpha value is -1.65. The summed E-state index contributed by atoms with van der Waals surface area (Å²) in [7, 11) is 0. The zero-order chi connectivity index (χ0) is 13.7. The SMILES string of the molecule is CCCNc1cnc(C(=O)NC2CCC(C)C2)cn1. The van der Waals surface area contributed by atoms with Crippen molar-refractivity contribution in [3.8, 4) is 0 Å². The number of nitrogens with one attached hydrogen (secondary N) is 2. The molecular formula is C14H22N4O. The van der Waals surface area contributed by atoms with E-state index in [1.165, 1.54) is 12.6 Å². The molecule has 1 saturated carbocycles. The molecule has 19 heavy (non-hydrogen) atoms. The van der Waals surface area contributed by atoms with E-state index in [9.17, 15) is 4.79 Å². The minimum atomic E-state index is -0.117. The molecular weight excluding hydrogens is 240 g/mol. The summed E-state index contributed by atoms with van der Waals surface area (Å²) in [5.41, 5.74) is 0.390. The maximum atomic E-state index is 12.0. The van der Waals surface area contributed by atoms with Gasteiger partial charge in [-0.15, -0.1) is 0 Å². The summed E-state index contributed by atoms with van der Waals surface area (Å²) < 4.78 is 0. The van der Waals surface area contributed by atoms with E-state index in [1.54, 1.807) is 6.20 Å². The lowest BCUT2D eigenvalue weighted by Gasteiger charge is -2.12. The van der Waals surface area contributed by atoms with Gasteiger partial charge in [-0.25, -0.2) is 9.97 Å². The molecule has 1 amide bonds. The molecule has 2 rings (SSSR count). The average Bonchev–Trinajstić information content (AvgIpc) is 2.82. The smallest absolute Gasteiger partial charge is 0.271 e. The highest BCUT2D eigenvalue weighted by Crippen LogP contribution is 2.24. The lowest BCUT2D eigenvalue weighted by atomic mass is 10.1. The Bertz CT molecular complexity index is 418. The van der Waals surface area contributed by atoms with Crippen molar-refractivity contribution in [2.75, 3.05) is 11.9 Å². The number of aromatic nitrogens is 2. The second-order valence-corrected chi connectivity index (χ2v) is 5.30. The lowest BCUT2D eigenvalue weighted by molar-refractivity contribution is 0.0932. The quantitative estimate of drug-likeness (QED) is 0.854. The molecule has 1 aromatic rings. The molecule has 2 unspecified atom stereocenters. The monoisotopic (exact) mass is 262 g/mol. The Labute approximate surface area is 114 Å². The summed E-state index contributed by atoms with van der Waals surface area (Å²) in [5.74, 6) is 1.30. The van der Waals surface area contributed by atoms with Crippen molar-refractivity contribution in [1.82, 2.24) is 15.3 Å². The molecule has 0 spiro atoms. The summed E-state index contributed by atoms with van der Waals surface area (Å²) in [5, 5.41) is 6.16. The fraction of sp³-hybridized carbons (Fsp3) is 0.643. The van der Waals surface area contributed by atoms with Crippen molar-refractivity contribution < 1.29 is 4.79 Å². The maximum absolute atomic E-state index is 12.0. The summed E-state index contributed by atoms with van der Waals surface area (Å²) in [6, 6.07) is 0.294. The highest BCUT2D eigenvalue weighted by molar-refractivity contribution is 5.92. The minimum absolute atomic E-state index is 0.117. The van der Waals surface area contributed by atoms with Gasteiger partial charge < -0.3 is 10.6 Å². The minimum Gasteiger partial charge on any atom is -0.369 e. The summed E-state index contributed by atoms with van der Waals surface area (Å²) >= 11 is 0. The van der Waals surface area contributed by atoms with Crippen LogP contribution in [0.5, 0.6) is 0 Å². The zero-order valence-corrected chi connectivity index (χ0v) is 11.6. The summed E-state index contributed by atoms with van der Waals surface area (Å²) in [4.78, 5) is 20.3. The van der Waals surface area contributed by atoms with Gasteiger partial charge in [0.25, 0.3) is 5.91 Å². The molecule has 0 radical (unpaired) electrons. The predicted molar refractivity (Wildman–Crippen MR) is 75.1 cm³/mol. The molecule has 1 aromatic heterocycles.